The second-order valence-corrected chi connectivity index (χ2v) is 1.80. The molecule has 1 aromatic rings. The van der Waals surface area contributed by atoms with Gasteiger partial charge in [0.05, 0.1) is 0 Å². The lowest BCUT2D eigenvalue weighted by molar-refractivity contribution is -0.693. The minimum Gasteiger partial charge on any atom is -0.554 e. The molecule has 3 nitrogen and oxygen atoms in total. The van der Waals surface area contributed by atoms with Crippen LogP contribution in [0.3, 0.4) is 0 Å². The molecule has 0 aliphatic heterocycles. The van der Waals surface area contributed by atoms with Gasteiger partial charge in [-0.05, 0) is 6.92 Å². The van der Waals surface area contributed by atoms with Crippen molar-refractivity contribution in [3.05, 3.63) is 30.6 Å². The van der Waals surface area contributed by atoms with Crippen LogP contribution in [-0.2, 0) is 11.3 Å². The Bertz CT molecular complexity index is 187. The predicted octanol–water partition coefficient (Wildman–Crippen LogP) is -0.640. The van der Waals surface area contributed by atoms with Gasteiger partial charge in [-0.2, -0.15) is 0 Å². The average molecular weight is 153 g/mol. The zero-order valence-corrected chi connectivity index (χ0v) is 6.43. The average Bonchev–Trinajstić information content (AvgIpc) is 2.08. The lowest BCUT2D eigenvalue weighted by Crippen LogP contribution is -2.30. The Morgan fingerprint density at radius 1 is 1.36 bits per heavy atom. The first-order valence-corrected chi connectivity index (χ1v) is 3.34. The van der Waals surface area contributed by atoms with Crippen LogP contribution in [0.2, 0.25) is 0 Å². The molecule has 1 aromatic heterocycles. The van der Waals surface area contributed by atoms with E-state index in [-0.39, 0.29) is 0 Å². The highest BCUT2D eigenvalue weighted by Crippen LogP contribution is 1.74. The molecule has 0 bridgehead atoms. The highest BCUT2D eigenvalue weighted by molar-refractivity contribution is 5.29. The molecule has 0 saturated heterocycles. The van der Waals surface area contributed by atoms with Crippen LogP contribution >= 0.6 is 0 Å². The fourth-order valence-corrected chi connectivity index (χ4v) is 0.645. The lowest BCUT2D eigenvalue weighted by atomic mass is 10.5. The second kappa shape index (κ2) is 6.74. The summed E-state index contributed by atoms with van der Waals surface area (Å²) in [7, 11) is 0. The van der Waals surface area contributed by atoms with E-state index in [1.54, 1.807) is 0 Å². The topological polar surface area (TPSA) is 44.0 Å². The van der Waals surface area contributed by atoms with E-state index in [9.17, 15) is 0 Å². The van der Waals surface area contributed by atoms with Crippen molar-refractivity contribution in [3.63, 3.8) is 0 Å². The van der Waals surface area contributed by atoms with Crippen molar-refractivity contribution in [3.8, 4) is 0 Å². The smallest absolute Gasteiger partial charge is 0.168 e. The molecule has 0 aliphatic rings. The van der Waals surface area contributed by atoms with Gasteiger partial charge in [0.25, 0.3) is 0 Å². The first kappa shape index (κ1) is 9.62. The Kier molecular flexibility index (Phi) is 5.89. The van der Waals surface area contributed by atoms with E-state index in [1.807, 2.05) is 18.2 Å². The van der Waals surface area contributed by atoms with E-state index in [4.69, 9.17) is 9.90 Å². The van der Waals surface area contributed by atoms with Gasteiger partial charge in [0.2, 0.25) is 0 Å². The molecule has 0 fully saturated rings. The van der Waals surface area contributed by atoms with E-state index in [0.717, 1.165) is 6.54 Å². The molecule has 0 saturated carbocycles. The molecule has 3 heteroatoms. The van der Waals surface area contributed by atoms with Crippen molar-refractivity contribution in [2.24, 2.45) is 0 Å². The third-order valence-corrected chi connectivity index (χ3v) is 1.14. The number of aryl methyl sites for hydroxylation is 1. The largest absolute Gasteiger partial charge is 0.554 e. The van der Waals surface area contributed by atoms with E-state index in [0.29, 0.717) is 0 Å². The van der Waals surface area contributed by atoms with Crippen LogP contribution in [0.5, 0.6) is 0 Å². The van der Waals surface area contributed by atoms with Crippen molar-refractivity contribution >= 4 is 6.47 Å². The van der Waals surface area contributed by atoms with Crippen LogP contribution in [-0.4, -0.2) is 6.47 Å². The normalized spacial score (nSPS) is 7.73. The number of nitrogens with zero attached hydrogens (tertiary/aromatic N) is 1. The molecule has 0 aromatic carbocycles. The van der Waals surface area contributed by atoms with E-state index < -0.39 is 6.47 Å². The van der Waals surface area contributed by atoms with Crippen LogP contribution in [0, 0.1) is 0 Å². The van der Waals surface area contributed by atoms with Crippen LogP contribution in [0.15, 0.2) is 30.6 Å². The van der Waals surface area contributed by atoms with Gasteiger partial charge in [0, 0.05) is 18.6 Å². The summed E-state index contributed by atoms with van der Waals surface area (Å²) in [4.78, 5) is 8.25. The van der Waals surface area contributed by atoms with Crippen molar-refractivity contribution in [2.75, 3.05) is 0 Å². The highest BCUT2D eigenvalue weighted by atomic mass is 16.3. The van der Waals surface area contributed by atoms with E-state index in [1.165, 1.54) is 0 Å². The maximum atomic E-state index is 8.25. The molecular formula is C8H11NO2. The van der Waals surface area contributed by atoms with E-state index >= 15 is 0 Å². The maximum Gasteiger partial charge on any atom is 0.168 e. The molecule has 1 rings (SSSR count). The highest BCUT2D eigenvalue weighted by Gasteiger charge is 1.86. The first-order valence-electron chi connectivity index (χ1n) is 3.34. The molecule has 1 heterocycles. The summed E-state index contributed by atoms with van der Waals surface area (Å²) in [6, 6.07) is 6.08. The number of aromatic nitrogens is 1. The SMILES string of the molecule is CC[n+]1ccccc1.O=C[O-]. The monoisotopic (exact) mass is 153 g/mol. The number of carboxylic acid groups (broad SMARTS) is 1. The molecule has 0 unspecified atom stereocenters. The summed E-state index contributed by atoms with van der Waals surface area (Å²) < 4.78 is 2.12. The number of carbonyl (C=O) groups excluding carboxylic acids is 1. The number of hydrogen-bond acceptors (Lipinski definition) is 2. The number of hydrogen-bond donors (Lipinski definition) is 0. The van der Waals surface area contributed by atoms with Crippen LogP contribution in [0.1, 0.15) is 6.92 Å². The third-order valence-electron chi connectivity index (χ3n) is 1.14. The standard InChI is InChI=1S/C7H10N.CH2O2/c1-2-8-6-4-3-5-7-8;2-1-3/h3-7H,2H2,1H3;1H,(H,2,3)/q+1;/p-1. The molecule has 0 aliphatic carbocycles. The molecule has 0 N–H and O–H groups in total. The van der Waals surface area contributed by atoms with Crippen molar-refractivity contribution in [1.82, 2.24) is 0 Å². The molecular weight excluding hydrogens is 142 g/mol. The Balaban J connectivity index is 0.000000292. The minimum atomic E-state index is -0.500. The van der Waals surface area contributed by atoms with E-state index in [2.05, 4.69) is 23.9 Å². The lowest BCUT2D eigenvalue weighted by Gasteiger charge is -1.84. The molecule has 11 heavy (non-hydrogen) atoms. The second-order valence-electron chi connectivity index (χ2n) is 1.80. The molecule has 60 valence electrons. The molecule has 0 radical (unpaired) electrons. The molecule has 0 atom stereocenters. The first-order chi connectivity index (χ1) is 5.35. The van der Waals surface area contributed by atoms with Gasteiger partial charge in [-0.15, -0.1) is 0 Å². The summed E-state index contributed by atoms with van der Waals surface area (Å²) >= 11 is 0. The number of carbonyl (C=O) groups is 1. The van der Waals surface area contributed by atoms with Crippen molar-refractivity contribution in [2.45, 2.75) is 13.5 Å². The summed E-state index contributed by atoms with van der Waals surface area (Å²) in [5, 5.41) is 8.25. The van der Waals surface area contributed by atoms with Gasteiger partial charge in [-0.25, -0.2) is 4.57 Å². The molecule has 0 amide bonds. The Labute approximate surface area is 65.9 Å². The summed E-state index contributed by atoms with van der Waals surface area (Å²) in [5.41, 5.74) is 0. The van der Waals surface area contributed by atoms with Crippen LogP contribution in [0.25, 0.3) is 0 Å². The summed E-state index contributed by atoms with van der Waals surface area (Å²) in [6.07, 6.45) is 4.11. The minimum absolute atomic E-state index is 0.500. The van der Waals surface area contributed by atoms with Gasteiger partial charge in [-0.1, -0.05) is 6.07 Å². The third kappa shape index (κ3) is 5.08. The summed E-state index contributed by atoms with van der Waals surface area (Å²) in [6.45, 7) is 2.68. The zero-order chi connectivity index (χ0) is 8.53. The predicted molar refractivity (Wildman–Crippen MR) is 38.4 cm³/mol. The Morgan fingerprint density at radius 3 is 2.09 bits per heavy atom. The zero-order valence-electron chi connectivity index (χ0n) is 6.43. The van der Waals surface area contributed by atoms with Gasteiger partial charge in [-0.3, -0.25) is 0 Å². The fraction of sp³-hybridized carbons (Fsp3) is 0.250. The number of rotatable bonds is 1. The van der Waals surface area contributed by atoms with Gasteiger partial charge in [0.1, 0.15) is 6.54 Å². The Morgan fingerprint density at radius 2 is 1.82 bits per heavy atom. The van der Waals surface area contributed by atoms with Crippen molar-refractivity contribution < 1.29 is 14.5 Å². The van der Waals surface area contributed by atoms with Crippen molar-refractivity contribution in [1.29, 1.82) is 0 Å². The Hall–Kier alpha value is -1.38. The number of pyridine rings is 1. The van der Waals surface area contributed by atoms with Crippen LogP contribution < -0.4 is 9.67 Å². The van der Waals surface area contributed by atoms with Gasteiger partial charge < -0.3 is 9.90 Å². The molecule has 0 spiro atoms. The van der Waals surface area contributed by atoms with Gasteiger partial charge in [0.15, 0.2) is 12.4 Å². The van der Waals surface area contributed by atoms with Crippen LogP contribution in [0.4, 0.5) is 0 Å². The fourth-order valence-electron chi connectivity index (χ4n) is 0.645. The maximum absolute atomic E-state index is 8.25. The van der Waals surface area contributed by atoms with Gasteiger partial charge >= 0.3 is 0 Å². The quantitative estimate of drug-likeness (QED) is 0.398. The summed E-state index contributed by atoms with van der Waals surface area (Å²) in [5.74, 6) is 0.